The van der Waals surface area contributed by atoms with E-state index in [4.69, 9.17) is 20.1 Å². The smallest absolute Gasteiger partial charge is 0.165 e. The summed E-state index contributed by atoms with van der Waals surface area (Å²) in [6, 6.07) is 5.78. The van der Waals surface area contributed by atoms with Gasteiger partial charge < -0.3 is 14.2 Å². The number of methoxy groups -OCH3 is 3. The molecule has 5 nitrogen and oxygen atoms in total. The van der Waals surface area contributed by atoms with Crippen molar-refractivity contribution < 1.29 is 14.2 Å². The Morgan fingerprint density at radius 3 is 2.40 bits per heavy atom. The molecule has 20 heavy (non-hydrogen) atoms. The van der Waals surface area contributed by atoms with Crippen LogP contribution in [0, 0.1) is 0 Å². The maximum atomic E-state index is 5.70. The van der Waals surface area contributed by atoms with E-state index in [1.807, 2.05) is 18.2 Å². The van der Waals surface area contributed by atoms with Crippen molar-refractivity contribution in [1.29, 1.82) is 0 Å². The van der Waals surface area contributed by atoms with Crippen LogP contribution in [0.1, 0.15) is 38.3 Å². The van der Waals surface area contributed by atoms with Crippen LogP contribution in [-0.4, -0.2) is 26.9 Å². The third-order valence-corrected chi connectivity index (χ3v) is 3.60. The summed E-state index contributed by atoms with van der Waals surface area (Å²) in [5.41, 5.74) is 3.66. The number of nitrogens with two attached hydrogens (primary N) is 1. The second-order valence-electron chi connectivity index (χ2n) is 5.30. The molecule has 0 aromatic heterocycles. The molecule has 3 N–H and O–H groups in total. The van der Waals surface area contributed by atoms with Gasteiger partial charge in [0.25, 0.3) is 0 Å². The molecule has 1 rings (SSSR count). The zero-order chi connectivity index (χ0) is 15.2. The van der Waals surface area contributed by atoms with Gasteiger partial charge in [0, 0.05) is 18.7 Å². The lowest BCUT2D eigenvalue weighted by Gasteiger charge is -2.26. The van der Waals surface area contributed by atoms with Crippen molar-refractivity contribution in [2.24, 2.45) is 5.84 Å². The van der Waals surface area contributed by atoms with Gasteiger partial charge >= 0.3 is 0 Å². The van der Waals surface area contributed by atoms with Crippen LogP contribution >= 0.6 is 0 Å². The predicted octanol–water partition coefficient (Wildman–Crippen LogP) is 2.41. The molecule has 114 valence electrons. The third-order valence-electron chi connectivity index (χ3n) is 3.60. The molecule has 0 heterocycles. The van der Waals surface area contributed by atoms with Crippen LogP contribution in [0.25, 0.3) is 0 Å². The number of rotatable bonds is 8. The highest BCUT2D eigenvalue weighted by atomic mass is 16.5. The molecule has 1 aromatic rings. The predicted molar refractivity (Wildman–Crippen MR) is 79.9 cm³/mol. The molecule has 0 saturated heterocycles. The van der Waals surface area contributed by atoms with Crippen molar-refractivity contribution in [3.8, 4) is 11.5 Å². The standard InChI is InChI=1S/C15H26N2O3/c1-15(2,20-5)10-9-12(17-16)11-7-6-8-13(18-3)14(11)19-4/h6-8,12,17H,9-10,16H2,1-5H3. The van der Waals surface area contributed by atoms with Crippen LogP contribution in [0.15, 0.2) is 18.2 Å². The first-order valence-corrected chi connectivity index (χ1v) is 6.71. The van der Waals surface area contributed by atoms with Crippen molar-refractivity contribution in [3.63, 3.8) is 0 Å². The molecule has 5 heteroatoms. The number of ether oxygens (including phenoxy) is 3. The molecule has 1 aromatic carbocycles. The first-order valence-electron chi connectivity index (χ1n) is 6.71. The molecule has 0 bridgehead atoms. The molecule has 0 aliphatic heterocycles. The van der Waals surface area contributed by atoms with Gasteiger partial charge in [0.1, 0.15) is 0 Å². The van der Waals surface area contributed by atoms with Gasteiger partial charge in [-0.15, -0.1) is 0 Å². The van der Waals surface area contributed by atoms with Crippen molar-refractivity contribution >= 4 is 0 Å². The lowest BCUT2D eigenvalue weighted by molar-refractivity contribution is 0.0116. The van der Waals surface area contributed by atoms with Crippen molar-refractivity contribution in [1.82, 2.24) is 5.43 Å². The third kappa shape index (κ3) is 4.10. The molecule has 0 saturated carbocycles. The zero-order valence-electron chi connectivity index (χ0n) is 13.0. The minimum absolute atomic E-state index is 0.0190. The Kier molecular flexibility index (Phi) is 6.26. The topological polar surface area (TPSA) is 65.7 Å². The van der Waals surface area contributed by atoms with Gasteiger partial charge in [-0.3, -0.25) is 11.3 Å². The van der Waals surface area contributed by atoms with Gasteiger partial charge in [0.15, 0.2) is 11.5 Å². The van der Waals surface area contributed by atoms with Crippen LogP contribution < -0.4 is 20.7 Å². The summed E-state index contributed by atoms with van der Waals surface area (Å²) in [5, 5.41) is 0. The number of nitrogens with one attached hydrogen (secondary N) is 1. The quantitative estimate of drug-likeness (QED) is 0.566. The second kappa shape index (κ2) is 7.47. The van der Waals surface area contributed by atoms with Crippen LogP contribution in [-0.2, 0) is 4.74 Å². The highest BCUT2D eigenvalue weighted by Gasteiger charge is 2.22. The summed E-state index contributed by atoms with van der Waals surface area (Å²) in [6.07, 6.45) is 1.71. The normalized spacial score (nSPS) is 13.1. The first kappa shape index (κ1) is 16.8. The molecule has 1 atom stereocenters. The Bertz CT molecular complexity index is 422. The summed E-state index contributed by atoms with van der Waals surface area (Å²) in [5.74, 6) is 7.12. The summed E-state index contributed by atoms with van der Waals surface area (Å²) in [4.78, 5) is 0. The number of hydrazine groups is 1. The van der Waals surface area contributed by atoms with E-state index in [1.54, 1.807) is 21.3 Å². The van der Waals surface area contributed by atoms with E-state index in [1.165, 1.54) is 0 Å². The Labute approximate surface area is 121 Å². The summed E-state index contributed by atoms with van der Waals surface area (Å²) >= 11 is 0. The van der Waals surface area contributed by atoms with Gasteiger partial charge in [0.05, 0.1) is 19.8 Å². The van der Waals surface area contributed by atoms with E-state index in [0.29, 0.717) is 11.5 Å². The highest BCUT2D eigenvalue weighted by molar-refractivity contribution is 5.48. The average Bonchev–Trinajstić information content (AvgIpc) is 2.47. The van der Waals surface area contributed by atoms with Crippen LogP contribution in [0.3, 0.4) is 0 Å². The second-order valence-corrected chi connectivity index (χ2v) is 5.30. The van der Waals surface area contributed by atoms with E-state index in [-0.39, 0.29) is 11.6 Å². The molecular weight excluding hydrogens is 256 g/mol. The van der Waals surface area contributed by atoms with E-state index >= 15 is 0 Å². The average molecular weight is 282 g/mol. The van der Waals surface area contributed by atoms with Gasteiger partial charge in [0.2, 0.25) is 0 Å². The van der Waals surface area contributed by atoms with Crippen molar-refractivity contribution in [3.05, 3.63) is 23.8 Å². The fourth-order valence-electron chi connectivity index (χ4n) is 2.11. The summed E-state index contributed by atoms with van der Waals surface area (Å²) in [6.45, 7) is 4.12. The van der Waals surface area contributed by atoms with Crippen LogP contribution in [0.5, 0.6) is 11.5 Å². The lowest BCUT2D eigenvalue weighted by atomic mass is 9.94. The van der Waals surface area contributed by atoms with E-state index in [9.17, 15) is 0 Å². The molecule has 0 spiro atoms. The maximum Gasteiger partial charge on any atom is 0.165 e. The number of benzene rings is 1. The first-order chi connectivity index (χ1) is 9.49. The van der Waals surface area contributed by atoms with Crippen molar-refractivity contribution in [2.45, 2.75) is 38.3 Å². The van der Waals surface area contributed by atoms with E-state index in [0.717, 1.165) is 18.4 Å². The van der Waals surface area contributed by atoms with Gasteiger partial charge in [-0.1, -0.05) is 12.1 Å². The van der Waals surface area contributed by atoms with Gasteiger partial charge in [-0.25, -0.2) is 0 Å². The summed E-state index contributed by atoms with van der Waals surface area (Å²) < 4.78 is 16.2. The summed E-state index contributed by atoms with van der Waals surface area (Å²) in [7, 11) is 4.98. The number of hydrogen-bond donors (Lipinski definition) is 2. The largest absolute Gasteiger partial charge is 0.493 e. The molecule has 0 amide bonds. The minimum Gasteiger partial charge on any atom is -0.493 e. The molecule has 0 radical (unpaired) electrons. The number of hydrogen-bond acceptors (Lipinski definition) is 5. The molecule has 0 aliphatic rings. The maximum absolute atomic E-state index is 5.70. The SMILES string of the molecule is COc1cccc(C(CCC(C)(C)OC)NN)c1OC. The molecule has 0 fully saturated rings. The molecular formula is C15H26N2O3. The Morgan fingerprint density at radius 2 is 1.90 bits per heavy atom. The molecule has 1 unspecified atom stereocenters. The van der Waals surface area contributed by atoms with Gasteiger partial charge in [-0.05, 0) is 32.8 Å². The Morgan fingerprint density at radius 1 is 1.20 bits per heavy atom. The molecule has 0 aliphatic carbocycles. The van der Waals surface area contributed by atoms with E-state index < -0.39 is 0 Å². The van der Waals surface area contributed by atoms with Crippen LogP contribution in [0.2, 0.25) is 0 Å². The minimum atomic E-state index is -0.179. The lowest BCUT2D eigenvalue weighted by Crippen LogP contribution is -2.31. The Hall–Kier alpha value is -1.30. The number of para-hydroxylation sites is 1. The van der Waals surface area contributed by atoms with E-state index in [2.05, 4.69) is 19.3 Å². The fraction of sp³-hybridized carbons (Fsp3) is 0.600. The zero-order valence-corrected chi connectivity index (χ0v) is 13.0. The monoisotopic (exact) mass is 282 g/mol. The van der Waals surface area contributed by atoms with Crippen molar-refractivity contribution in [2.75, 3.05) is 21.3 Å². The fourth-order valence-corrected chi connectivity index (χ4v) is 2.11. The van der Waals surface area contributed by atoms with Crippen LogP contribution in [0.4, 0.5) is 0 Å². The Balaban J connectivity index is 2.95. The van der Waals surface area contributed by atoms with Gasteiger partial charge in [-0.2, -0.15) is 0 Å². The highest BCUT2D eigenvalue weighted by Crippen LogP contribution is 2.36.